The third kappa shape index (κ3) is 6.01. The first-order valence-corrected chi connectivity index (χ1v) is 14.0. The molecule has 2 N–H and O–H groups in total. The van der Waals surface area contributed by atoms with Crippen LogP contribution in [0.25, 0.3) is 11.1 Å². The van der Waals surface area contributed by atoms with Gasteiger partial charge in [-0.3, -0.25) is 19.9 Å². The zero-order valence-electron chi connectivity index (χ0n) is 23.1. The minimum absolute atomic E-state index is 0.173. The van der Waals surface area contributed by atoms with Crippen molar-refractivity contribution in [1.29, 1.82) is 0 Å². The Hall–Kier alpha value is -4.25. The van der Waals surface area contributed by atoms with Crippen molar-refractivity contribution in [1.82, 2.24) is 9.88 Å². The Labute approximate surface area is 246 Å². The minimum atomic E-state index is -0.894. The van der Waals surface area contributed by atoms with Gasteiger partial charge in [0.1, 0.15) is 11.5 Å². The van der Waals surface area contributed by atoms with Gasteiger partial charge in [-0.15, -0.1) is 0 Å². The van der Waals surface area contributed by atoms with Crippen LogP contribution in [0.5, 0.6) is 0 Å². The highest BCUT2D eigenvalue weighted by molar-refractivity contribution is 6.31. The van der Waals surface area contributed by atoms with E-state index in [1.165, 1.54) is 12.0 Å². The maximum Gasteiger partial charge on any atom is 0.411 e. The average molecular weight is 598 g/mol. The monoisotopic (exact) mass is 597 g/mol. The summed E-state index contributed by atoms with van der Waals surface area (Å²) < 4.78 is 33.9. The van der Waals surface area contributed by atoms with E-state index in [1.807, 2.05) is 13.0 Å². The SMILES string of the molecule is COC(=O)Nc1ccc2c(c1)NC(=O)[C@H](C)CCC[C@H](N1CCN(c3c(F)ccc(Cl)c3F)CC1=O)c1cc-2ccn1. The van der Waals surface area contributed by atoms with Crippen molar-refractivity contribution in [2.45, 2.75) is 32.2 Å². The van der Waals surface area contributed by atoms with Crippen molar-refractivity contribution < 1.29 is 27.9 Å². The highest BCUT2D eigenvalue weighted by Gasteiger charge is 2.34. The first kappa shape index (κ1) is 29.2. The molecule has 0 unspecified atom stereocenters. The van der Waals surface area contributed by atoms with Gasteiger partial charge in [0.25, 0.3) is 0 Å². The zero-order chi connectivity index (χ0) is 30.0. The molecule has 5 rings (SSSR count). The Kier molecular flexibility index (Phi) is 8.58. The number of carbonyl (C=O) groups is 3. The summed E-state index contributed by atoms with van der Waals surface area (Å²) in [5.74, 6) is -2.48. The molecular formula is C30H30ClF2N5O4. The molecule has 3 aromatic rings. The summed E-state index contributed by atoms with van der Waals surface area (Å²) in [6.45, 7) is 2.04. The van der Waals surface area contributed by atoms with Crippen LogP contribution in [0.2, 0.25) is 5.02 Å². The number of methoxy groups -OCH3 is 1. The Morgan fingerprint density at radius 3 is 2.69 bits per heavy atom. The number of ether oxygens (including phenoxy) is 1. The molecule has 9 nitrogen and oxygen atoms in total. The second kappa shape index (κ2) is 12.3. The number of nitrogens with zero attached hydrogens (tertiary/aromatic N) is 3. The van der Waals surface area contributed by atoms with Gasteiger partial charge in [0.2, 0.25) is 11.8 Å². The third-order valence-electron chi connectivity index (χ3n) is 7.67. The van der Waals surface area contributed by atoms with Gasteiger partial charge < -0.3 is 19.9 Å². The van der Waals surface area contributed by atoms with Crippen LogP contribution in [0.3, 0.4) is 0 Å². The Bertz CT molecular complexity index is 1540. The fourth-order valence-electron chi connectivity index (χ4n) is 5.42. The quantitative estimate of drug-likeness (QED) is 0.359. The van der Waals surface area contributed by atoms with E-state index < -0.39 is 23.8 Å². The number of nitrogens with one attached hydrogen (secondary N) is 2. The standard InChI is InChI=1S/C30H30ClF2N5O4/c1-17-4-3-5-25(38-13-12-37(16-26(38)39)28-22(32)9-8-21(31)27(28)33)24-14-18(10-11-34-24)20-7-6-19(35-30(41)42-2)15-23(20)36-29(17)40/h6-11,14-15,17,25H,3-5,12-13,16H2,1-2H3,(H,35,41)(H,36,40)/t17-,25+/m1/s1. The van der Waals surface area contributed by atoms with Crippen molar-refractivity contribution >= 4 is 46.6 Å². The van der Waals surface area contributed by atoms with Crippen LogP contribution < -0.4 is 15.5 Å². The highest BCUT2D eigenvalue weighted by atomic mass is 35.5. The number of aromatic nitrogens is 1. The molecule has 2 aromatic carbocycles. The maximum absolute atomic E-state index is 14.7. The van der Waals surface area contributed by atoms with Crippen LogP contribution in [0.4, 0.5) is 30.6 Å². The minimum Gasteiger partial charge on any atom is -0.453 e. The zero-order valence-corrected chi connectivity index (χ0v) is 23.9. The lowest BCUT2D eigenvalue weighted by Gasteiger charge is -2.40. The number of hydrogen-bond acceptors (Lipinski definition) is 6. The summed E-state index contributed by atoms with van der Waals surface area (Å²) >= 11 is 5.89. The summed E-state index contributed by atoms with van der Waals surface area (Å²) in [6.07, 6.45) is 2.75. The first-order chi connectivity index (χ1) is 20.2. The smallest absolute Gasteiger partial charge is 0.411 e. The molecule has 1 saturated heterocycles. The van der Waals surface area contributed by atoms with Crippen molar-refractivity contribution in [3.05, 3.63) is 71.0 Å². The molecule has 0 saturated carbocycles. The normalized spacial score (nSPS) is 19.3. The number of halogens is 3. The Morgan fingerprint density at radius 2 is 1.93 bits per heavy atom. The lowest BCUT2D eigenvalue weighted by Crippen LogP contribution is -2.52. The van der Waals surface area contributed by atoms with Gasteiger partial charge in [0.05, 0.1) is 36.1 Å². The largest absolute Gasteiger partial charge is 0.453 e. The number of hydrogen-bond donors (Lipinski definition) is 2. The summed E-state index contributed by atoms with van der Waals surface area (Å²) in [5.41, 5.74) is 2.77. The topological polar surface area (TPSA) is 104 Å². The van der Waals surface area contributed by atoms with E-state index in [1.54, 1.807) is 35.4 Å². The molecule has 42 heavy (non-hydrogen) atoms. The van der Waals surface area contributed by atoms with Crippen LogP contribution in [0.15, 0.2) is 48.7 Å². The molecule has 2 aliphatic heterocycles. The van der Waals surface area contributed by atoms with E-state index in [-0.39, 0.29) is 48.1 Å². The molecule has 2 atom stereocenters. The van der Waals surface area contributed by atoms with Crippen molar-refractivity contribution in [2.75, 3.05) is 42.3 Å². The molecule has 3 amide bonds. The van der Waals surface area contributed by atoms with Gasteiger partial charge in [-0.2, -0.15) is 0 Å². The summed E-state index contributed by atoms with van der Waals surface area (Å²) in [5, 5.41) is 5.39. The fourth-order valence-corrected chi connectivity index (χ4v) is 5.58. The number of pyridine rings is 1. The van der Waals surface area contributed by atoms with Gasteiger partial charge in [-0.25, -0.2) is 13.6 Å². The van der Waals surface area contributed by atoms with Crippen molar-refractivity contribution in [2.24, 2.45) is 5.92 Å². The van der Waals surface area contributed by atoms with Gasteiger partial charge >= 0.3 is 6.09 Å². The number of anilines is 3. The lowest BCUT2D eigenvalue weighted by atomic mass is 9.94. The second-order valence-corrected chi connectivity index (χ2v) is 10.8. The molecule has 1 fully saturated rings. The summed E-state index contributed by atoms with van der Waals surface area (Å²) in [6, 6.07) is 10.7. The van der Waals surface area contributed by atoms with Crippen LogP contribution in [0.1, 0.15) is 37.9 Å². The molecule has 0 radical (unpaired) electrons. The van der Waals surface area contributed by atoms with E-state index in [4.69, 9.17) is 11.6 Å². The van der Waals surface area contributed by atoms with E-state index in [9.17, 15) is 23.2 Å². The van der Waals surface area contributed by atoms with Crippen molar-refractivity contribution in [3.63, 3.8) is 0 Å². The molecule has 3 heterocycles. The third-order valence-corrected chi connectivity index (χ3v) is 7.97. The summed E-state index contributed by atoms with van der Waals surface area (Å²) in [4.78, 5) is 46.1. The van der Waals surface area contributed by atoms with E-state index in [0.717, 1.165) is 17.7 Å². The number of carbonyl (C=O) groups excluding carboxylic acids is 3. The van der Waals surface area contributed by atoms with Gasteiger partial charge in [-0.05, 0) is 54.8 Å². The van der Waals surface area contributed by atoms with Gasteiger partial charge in [0.15, 0.2) is 5.82 Å². The molecule has 220 valence electrons. The molecule has 12 heteroatoms. The number of piperazine rings is 1. The molecule has 2 bridgehead atoms. The second-order valence-electron chi connectivity index (χ2n) is 10.4. The molecule has 1 aromatic heterocycles. The number of rotatable bonds is 3. The van der Waals surface area contributed by atoms with Gasteiger partial charge in [0, 0.05) is 36.5 Å². The number of benzene rings is 2. The van der Waals surface area contributed by atoms with Crippen LogP contribution in [-0.4, -0.2) is 54.5 Å². The average Bonchev–Trinajstić information content (AvgIpc) is 2.97. The number of amides is 3. The Balaban J connectivity index is 1.48. The maximum atomic E-state index is 14.7. The van der Waals surface area contributed by atoms with E-state index in [0.29, 0.717) is 41.9 Å². The van der Waals surface area contributed by atoms with Crippen LogP contribution in [0, 0.1) is 17.6 Å². The van der Waals surface area contributed by atoms with Crippen LogP contribution >= 0.6 is 11.6 Å². The summed E-state index contributed by atoms with van der Waals surface area (Å²) in [7, 11) is 1.26. The lowest BCUT2D eigenvalue weighted by molar-refractivity contribution is -0.134. The predicted octanol–water partition coefficient (Wildman–Crippen LogP) is 6.01. The van der Waals surface area contributed by atoms with Crippen molar-refractivity contribution in [3.8, 4) is 11.1 Å². The van der Waals surface area contributed by atoms with Crippen LogP contribution in [-0.2, 0) is 14.3 Å². The molecule has 0 spiro atoms. The molecule has 2 aliphatic rings. The number of fused-ring (bicyclic) bond motifs is 4. The van der Waals surface area contributed by atoms with E-state index >= 15 is 0 Å². The molecular weight excluding hydrogens is 568 g/mol. The van der Waals surface area contributed by atoms with Gasteiger partial charge in [-0.1, -0.05) is 31.0 Å². The molecule has 0 aliphatic carbocycles. The van der Waals surface area contributed by atoms with E-state index in [2.05, 4.69) is 20.4 Å². The highest BCUT2D eigenvalue weighted by Crippen LogP contribution is 2.37. The fraction of sp³-hybridized carbons (Fsp3) is 0.333. The Morgan fingerprint density at radius 1 is 1.12 bits per heavy atom. The first-order valence-electron chi connectivity index (χ1n) is 13.6. The predicted molar refractivity (Wildman–Crippen MR) is 155 cm³/mol.